The molecule has 23 heavy (non-hydrogen) atoms. The van der Waals surface area contributed by atoms with Gasteiger partial charge in [0.15, 0.2) is 0 Å². The topological polar surface area (TPSA) is 57.6 Å². The van der Waals surface area contributed by atoms with E-state index in [1.54, 1.807) is 12.1 Å². The van der Waals surface area contributed by atoms with Gasteiger partial charge >= 0.3 is 0 Å². The molecule has 4 nitrogen and oxygen atoms in total. The third kappa shape index (κ3) is 2.29. The van der Waals surface area contributed by atoms with Gasteiger partial charge in [-0.2, -0.15) is 0 Å². The highest BCUT2D eigenvalue weighted by molar-refractivity contribution is 6.06. The van der Waals surface area contributed by atoms with Crippen LogP contribution in [0.5, 0.6) is 5.75 Å². The van der Waals surface area contributed by atoms with Crippen LogP contribution in [-0.2, 0) is 16.0 Å². The number of fused-ring (bicyclic) bond motifs is 5. The lowest BCUT2D eigenvalue weighted by molar-refractivity contribution is -0.140. The number of nitrogens with zero attached hydrogens (tertiary/aromatic N) is 1. The SMILES string of the molecule is O=C1C2C3C=CC(C3)C2C(=O)N1CC=CCc1ccc(O)cc1. The van der Waals surface area contributed by atoms with Crippen molar-refractivity contribution < 1.29 is 14.7 Å². The van der Waals surface area contributed by atoms with E-state index in [4.69, 9.17) is 0 Å². The maximum absolute atomic E-state index is 12.5. The number of allylic oxidation sites excluding steroid dienone is 3. The van der Waals surface area contributed by atoms with Crippen LogP contribution in [-0.4, -0.2) is 28.4 Å². The van der Waals surface area contributed by atoms with Gasteiger partial charge in [0.1, 0.15) is 5.75 Å². The molecule has 1 aromatic rings. The number of phenolic OH excluding ortho intramolecular Hbond substituents is 1. The first-order valence-electron chi connectivity index (χ1n) is 8.11. The van der Waals surface area contributed by atoms with Crippen molar-refractivity contribution in [1.82, 2.24) is 4.90 Å². The Morgan fingerprint density at radius 2 is 1.61 bits per heavy atom. The summed E-state index contributed by atoms with van der Waals surface area (Å²) >= 11 is 0. The zero-order valence-corrected chi connectivity index (χ0v) is 12.8. The summed E-state index contributed by atoms with van der Waals surface area (Å²) in [5.74, 6) is 0.587. The number of carbonyl (C=O) groups excluding carboxylic acids is 2. The largest absolute Gasteiger partial charge is 0.508 e. The first-order chi connectivity index (χ1) is 11.1. The van der Waals surface area contributed by atoms with Crippen molar-refractivity contribution >= 4 is 11.8 Å². The number of phenols is 1. The van der Waals surface area contributed by atoms with E-state index in [0.29, 0.717) is 6.54 Å². The second-order valence-electron chi connectivity index (χ2n) is 6.63. The number of carbonyl (C=O) groups is 2. The van der Waals surface area contributed by atoms with Crippen molar-refractivity contribution in [3.8, 4) is 5.75 Å². The van der Waals surface area contributed by atoms with Gasteiger partial charge in [-0.05, 0) is 42.4 Å². The van der Waals surface area contributed by atoms with E-state index in [9.17, 15) is 14.7 Å². The van der Waals surface area contributed by atoms with E-state index in [-0.39, 0.29) is 41.2 Å². The molecule has 1 N–H and O–H groups in total. The third-order valence-corrected chi connectivity index (χ3v) is 5.31. The maximum Gasteiger partial charge on any atom is 0.234 e. The standard InChI is InChI=1S/C19H19NO3/c21-15-8-4-12(5-9-15)3-1-2-10-20-18(22)16-13-6-7-14(11-13)17(16)19(20)23/h1-2,4-9,13-14,16-17,21H,3,10-11H2. The van der Waals surface area contributed by atoms with Crippen LogP contribution in [0.4, 0.5) is 0 Å². The van der Waals surface area contributed by atoms with Crippen LogP contribution in [0.3, 0.4) is 0 Å². The van der Waals surface area contributed by atoms with Crippen molar-refractivity contribution in [2.24, 2.45) is 23.7 Å². The monoisotopic (exact) mass is 309 g/mol. The quantitative estimate of drug-likeness (QED) is 0.686. The maximum atomic E-state index is 12.5. The molecule has 4 atom stereocenters. The first-order valence-corrected chi connectivity index (χ1v) is 8.11. The van der Waals surface area contributed by atoms with E-state index in [1.807, 2.05) is 24.3 Å². The Bertz CT molecular complexity index is 674. The average molecular weight is 309 g/mol. The smallest absolute Gasteiger partial charge is 0.234 e. The fourth-order valence-corrected chi connectivity index (χ4v) is 4.18. The molecule has 4 unspecified atom stereocenters. The fraction of sp³-hybridized carbons (Fsp3) is 0.368. The molecule has 3 aliphatic rings. The minimum absolute atomic E-state index is 0.00568. The Kier molecular flexibility index (Phi) is 3.33. The molecule has 2 bridgehead atoms. The molecule has 4 rings (SSSR count). The molecule has 4 heteroatoms. The summed E-state index contributed by atoms with van der Waals surface area (Å²) in [5.41, 5.74) is 1.08. The summed E-state index contributed by atoms with van der Waals surface area (Å²) in [6.07, 6.45) is 9.77. The predicted octanol–water partition coefficient (Wildman–Crippen LogP) is 2.30. The van der Waals surface area contributed by atoms with Crippen molar-refractivity contribution in [3.05, 3.63) is 54.1 Å². The summed E-state index contributed by atoms with van der Waals surface area (Å²) < 4.78 is 0. The van der Waals surface area contributed by atoms with Gasteiger partial charge in [0.2, 0.25) is 11.8 Å². The molecular weight excluding hydrogens is 290 g/mol. The highest BCUT2D eigenvalue weighted by Gasteiger charge is 2.58. The minimum atomic E-state index is -0.108. The second kappa shape index (κ2) is 5.37. The first kappa shape index (κ1) is 14.2. The Balaban J connectivity index is 1.38. The van der Waals surface area contributed by atoms with Crippen LogP contribution >= 0.6 is 0 Å². The summed E-state index contributed by atoms with van der Waals surface area (Å²) in [5, 5.41) is 9.25. The summed E-state index contributed by atoms with van der Waals surface area (Å²) in [6.45, 7) is 0.363. The van der Waals surface area contributed by atoms with Crippen molar-refractivity contribution in [3.63, 3.8) is 0 Å². The third-order valence-electron chi connectivity index (χ3n) is 5.31. The van der Waals surface area contributed by atoms with Crippen LogP contribution < -0.4 is 0 Å². The van der Waals surface area contributed by atoms with Crippen molar-refractivity contribution in [2.75, 3.05) is 6.54 Å². The highest BCUT2D eigenvalue weighted by atomic mass is 16.3. The lowest BCUT2D eigenvalue weighted by Gasteiger charge is -2.14. The molecular formula is C19H19NO3. The van der Waals surface area contributed by atoms with Gasteiger partial charge in [-0.1, -0.05) is 36.4 Å². The summed E-state index contributed by atoms with van der Waals surface area (Å²) in [6, 6.07) is 7.03. The van der Waals surface area contributed by atoms with E-state index in [0.717, 1.165) is 18.4 Å². The summed E-state index contributed by atoms with van der Waals surface area (Å²) in [4.78, 5) is 26.4. The van der Waals surface area contributed by atoms with Crippen LogP contribution in [0.15, 0.2) is 48.6 Å². The number of aromatic hydroxyl groups is 1. The molecule has 1 heterocycles. The molecule has 1 saturated heterocycles. The van der Waals surface area contributed by atoms with Crippen LogP contribution in [0.1, 0.15) is 12.0 Å². The number of likely N-dealkylation sites (tertiary alicyclic amines) is 1. The normalized spacial score (nSPS) is 31.6. The molecule has 1 saturated carbocycles. The molecule has 118 valence electrons. The van der Waals surface area contributed by atoms with Gasteiger partial charge in [-0.3, -0.25) is 14.5 Å². The molecule has 1 aromatic carbocycles. The molecule has 1 aliphatic heterocycles. The Labute approximate surface area is 135 Å². The van der Waals surface area contributed by atoms with Gasteiger partial charge in [0.25, 0.3) is 0 Å². The van der Waals surface area contributed by atoms with Crippen molar-refractivity contribution in [1.29, 1.82) is 0 Å². The zero-order valence-electron chi connectivity index (χ0n) is 12.8. The zero-order chi connectivity index (χ0) is 16.0. The lowest BCUT2D eigenvalue weighted by Crippen LogP contribution is -2.33. The lowest BCUT2D eigenvalue weighted by atomic mass is 9.85. The Morgan fingerprint density at radius 3 is 2.22 bits per heavy atom. The Morgan fingerprint density at radius 1 is 1.00 bits per heavy atom. The fourth-order valence-electron chi connectivity index (χ4n) is 4.18. The van der Waals surface area contributed by atoms with Crippen molar-refractivity contribution in [2.45, 2.75) is 12.8 Å². The van der Waals surface area contributed by atoms with E-state index < -0.39 is 0 Å². The number of hydrogen-bond donors (Lipinski definition) is 1. The molecule has 0 spiro atoms. The van der Waals surface area contributed by atoms with Gasteiger partial charge in [0.05, 0.1) is 11.8 Å². The van der Waals surface area contributed by atoms with Gasteiger partial charge in [-0.15, -0.1) is 0 Å². The number of amides is 2. The predicted molar refractivity (Wildman–Crippen MR) is 85.4 cm³/mol. The van der Waals surface area contributed by atoms with Gasteiger partial charge in [-0.25, -0.2) is 0 Å². The number of benzene rings is 1. The van der Waals surface area contributed by atoms with E-state index >= 15 is 0 Å². The minimum Gasteiger partial charge on any atom is -0.508 e. The number of rotatable bonds is 4. The van der Waals surface area contributed by atoms with Gasteiger partial charge in [0, 0.05) is 6.54 Å². The number of hydrogen-bond acceptors (Lipinski definition) is 3. The average Bonchev–Trinajstić information content (AvgIpc) is 3.22. The van der Waals surface area contributed by atoms with Crippen LogP contribution in [0, 0.1) is 23.7 Å². The Hall–Kier alpha value is -2.36. The molecule has 2 amide bonds. The van der Waals surface area contributed by atoms with Crippen LogP contribution in [0.25, 0.3) is 0 Å². The molecule has 0 aromatic heterocycles. The van der Waals surface area contributed by atoms with E-state index in [2.05, 4.69) is 12.2 Å². The molecule has 2 fully saturated rings. The second-order valence-corrected chi connectivity index (χ2v) is 6.63. The highest BCUT2D eigenvalue weighted by Crippen LogP contribution is 2.52. The van der Waals surface area contributed by atoms with Crippen LogP contribution in [0.2, 0.25) is 0 Å². The molecule has 0 radical (unpaired) electrons. The molecule has 2 aliphatic carbocycles. The van der Waals surface area contributed by atoms with Gasteiger partial charge < -0.3 is 5.11 Å². The number of imide groups is 1. The summed E-state index contributed by atoms with van der Waals surface area (Å²) in [7, 11) is 0. The van der Waals surface area contributed by atoms with E-state index in [1.165, 1.54) is 4.90 Å².